The molecular weight excluding hydrogens is 352 g/mol. The van der Waals surface area contributed by atoms with Crippen LogP contribution in [0.2, 0.25) is 0 Å². The fraction of sp³-hybridized carbons (Fsp3) is 0.652. The van der Waals surface area contributed by atoms with E-state index >= 15 is 0 Å². The summed E-state index contributed by atoms with van der Waals surface area (Å²) in [6.45, 7) is 9.39. The van der Waals surface area contributed by atoms with Crippen LogP contribution in [-0.2, 0) is 9.53 Å². The molecule has 0 N–H and O–H groups in total. The van der Waals surface area contributed by atoms with Crippen molar-refractivity contribution in [2.45, 2.75) is 52.5 Å². The van der Waals surface area contributed by atoms with Gasteiger partial charge in [-0.15, -0.1) is 0 Å². The van der Waals surface area contributed by atoms with Crippen LogP contribution in [0.25, 0.3) is 0 Å². The topological polar surface area (TPSA) is 49.9 Å². The molecule has 3 unspecified atom stereocenters. The van der Waals surface area contributed by atoms with Crippen LogP contribution < -0.4 is 4.90 Å². The average molecular weight is 385 g/mol. The summed E-state index contributed by atoms with van der Waals surface area (Å²) in [5.74, 6) is -0.0305. The first-order valence-electron chi connectivity index (χ1n) is 10.4. The minimum Gasteiger partial charge on any atom is -0.469 e. The van der Waals surface area contributed by atoms with E-state index in [1.807, 2.05) is 24.3 Å². The van der Waals surface area contributed by atoms with Crippen molar-refractivity contribution in [3.05, 3.63) is 29.8 Å². The molecule has 1 aromatic rings. The van der Waals surface area contributed by atoms with Gasteiger partial charge in [0.1, 0.15) is 0 Å². The Bertz CT molecular complexity index is 773. The Balaban J connectivity index is 1.45. The fourth-order valence-corrected chi connectivity index (χ4v) is 6.03. The van der Waals surface area contributed by atoms with Gasteiger partial charge in [0.25, 0.3) is 5.91 Å². The number of nitrogens with zero attached hydrogens (tertiary/aromatic N) is 2. The van der Waals surface area contributed by atoms with Gasteiger partial charge in [0.2, 0.25) is 0 Å². The minimum absolute atomic E-state index is 0.0562. The zero-order chi connectivity index (χ0) is 20.1. The Morgan fingerprint density at radius 2 is 1.82 bits per heavy atom. The molecule has 3 aliphatic rings. The van der Waals surface area contributed by atoms with Crippen molar-refractivity contribution in [3.8, 4) is 0 Å². The number of carbonyl (C=O) groups is 2. The maximum atomic E-state index is 13.2. The molecule has 28 heavy (non-hydrogen) atoms. The number of benzene rings is 1. The standard InChI is InChI=1S/C23H32N2O3/c1-22(2)11-19-12-23(3,14-22)15-25(19)20(26)16-5-7-18(8-6-16)24-10-9-17(13-24)21(27)28-4/h5-8,17,19H,9-15H2,1-4H3. The van der Waals surface area contributed by atoms with E-state index < -0.39 is 0 Å². The molecule has 1 saturated carbocycles. The monoisotopic (exact) mass is 384 g/mol. The lowest BCUT2D eigenvalue weighted by molar-refractivity contribution is -0.144. The molecule has 2 bridgehead atoms. The van der Waals surface area contributed by atoms with Gasteiger partial charge in [0.05, 0.1) is 13.0 Å². The van der Waals surface area contributed by atoms with Gasteiger partial charge in [-0.3, -0.25) is 9.59 Å². The summed E-state index contributed by atoms with van der Waals surface area (Å²) in [7, 11) is 1.44. The summed E-state index contributed by atoms with van der Waals surface area (Å²) in [5.41, 5.74) is 2.39. The van der Waals surface area contributed by atoms with Crippen LogP contribution >= 0.6 is 0 Å². The molecule has 5 heteroatoms. The van der Waals surface area contributed by atoms with Gasteiger partial charge in [0.15, 0.2) is 0 Å². The molecule has 2 heterocycles. The first-order chi connectivity index (χ1) is 13.2. The molecule has 3 fully saturated rings. The number of esters is 1. The predicted molar refractivity (Wildman–Crippen MR) is 109 cm³/mol. The molecule has 0 spiro atoms. The second kappa shape index (κ2) is 6.78. The van der Waals surface area contributed by atoms with E-state index in [0.29, 0.717) is 18.0 Å². The summed E-state index contributed by atoms with van der Waals surface area (Å²) in [6.07, 6.45) is 4.23. The highest BCUT2D eigenvalue weighted by molar-refractivity contribution is 5.95. The Morgan fingerprint density at radius 1 is 1.11 bits per heavy atom. The SMILES string of the molecule is COC(=O)C1CCN(c2ccc(C(=O)N3CC4(C)CC3CC(C)(C)C4)cc2)C1. The van der Waals surface area contributed by atoms with Crippen molar-refractivity contribution in [1.82, 2.24) is 4.90 Å². The summed E-state index contributed by atoms with van der Waals surface area (Å²) < 4.78 is 4.87. The van der Waals surface area contributed by atoms with Crippen molar-refractivity contribution in [2.24, 2.45) is 16.7 Å². The number of fused-ring (bicyclic) bond motifs is 2. The lowest BCUT2D eigenvalue weighted by Crippen LogP contribution is -2.37. The smallest absolute Gasteiger partial charge is 0.310 e. The van der Waals surface area contributed by atoms with E-state index in [2.05, 4.69) is 30.6 Å². The van der Waals surface area contributed by atoms with Crippen molar-refractivity contribution in [3.63, 3.8) is 0 Å². The third-order valence-corrected chi connectivity index (χ3v) is 6.88. The van der Waals surface area contributed by atoms with Crippen LogP contribution in [0, 0.1) is 16.7 Å². The minimum atomic E-state index is -0.133. The second-order valence-electron chi connectivity index (χ2n) is 10.1. The normalized spacial score (nSPS) is 31.1. The van der Waals surface area contributed by atoms with Crippen LogP contribution in [0.3, 0.4) is 0 Å². The van der Waals surface area contributed by atoms with Gasteiger partial charge in [-0.25, -0.2) is 0 Å². The molecule has 1 amide bonds. The summed E-state index contributed by atoms with van der Waals surface area (Å²) >= 11 is 0. The highest BCUT2D eigenvalue weighted by Crippen LogP contribution is 2.52. The largest absolute Gasteiger partial charge is 0.469 e. The van der Waals surface area contributed by atoms with Gasteiger partial charge in [-0.1, -0.05) is 20.8 Å². The number of carbonyl (C=O) groups excluding carboxylic acids is 2. The molecule has 4 rings (SSSR count). The number of anilines is 1. The third-order valence-electron chi connectivity index (χ3n) is 6.88. The number of ether oxygens (including phenoxy) is 1. The zero-order valence-electron chi connectivity index (χ0n) is 17.5. The number of rotatable bonds is 3. The molecule has 2 saturated heterocycles. The molecule has 1 aliphatic carbocycles. The molecule has 5 nitrogen and oxygen atoms in total. The maximum absolute atomic E-state index is 13.2. The Kier molecular flexibility index (Phi) is 4.67. The molecule has 1 aromatic carbocycles. The highest BCUT2D eigenvalue weighted by atomic mass is 16.5. The lowest BCUT2D eigenvalue weighted by atomic mass is 9.65. The van der Waals surface area contributed by atoms with E-state index in [1.165, 1.54) is 13.5 Å². The van der Waals surface area contributed by atoms with Crippen LogP contribution in [0.4, 0.5) is 5.69 Å². The average Bonchev–Trinajstić information content (AvgIpc) is 3.22. The molecule has 0 aromatic heterocycles. The number of methoxy groups -OCH3 is 1. The van der Waals surface area contributed by atoms with E-state index in [-0.39, 0.29) is 23.2 Å². The lowest BCUT2D eigenvalue weighted by Gasteiger charge is -2.39. The second-order valence-corrected chi connectivity index (χ2v) is 10.1. The molecule has 0 radical (unpaired) electrons. The van der Waals surface area contributed by atoms with Gasteiger partial charge in [-0.05, 0) is 60.8 Å². The summed E-state index contributed by atoms with van der Waals surface area (Å²) in [6, 6.07) is 8.28. The van der Waals surface area contributed by atoms with E-state index in [0.717, 1.165) is 43.6 Å². The number of hydrogen-bond acceptors (Lipinski definition) is 4. The molecule has 152 valence electrons. The molecule has 2 aliphatic heterocycles. The predicted octanol–water partition coefficient (Wildman–Crippen LogP) is 3.73. The van der Waals surface area contributed by atoms with Crippen molar-refractivity contribution >= 4 is 17.6 Å². The van der Waals surface area contributed by atoms with Crippen molar-refractivity contribution in [2.75, 3.05) is 31.6 Å². The number of amides is 1. The molecule has 3 atom stereocenters. The van der Waals surface area contributed by atoms with Gasteiger partial charge >= 0.3 is 5.97 Å². The van der Waals surface area contributed by atoms with Gasteiger partial charge < -0.3 is 14.5 Å². The van der Waals surface area contributed by atoms with E-state index in [9.17, 15) is 9.59 Å². The van der Waals surface area contributed by atoms with Gasteiger partial charge in [-0.2, -0.15) is 0 Å². The fourth-order valence-electron chi connectivity index (χ4n) is 6.03. The van der Waals surface area contributed by atoms with Crippen LogP contribution in [0.1, 0.15) is 56.8 Å². The van der Waals surface area contributed by atoms with Crippen molar-refractivity contribution < 1.29 is 14.3 Å². The summed E-state index contributed by atoms with van der Waals surface area (Å²) in [4.78, 5) is 29.3. The maximum Gasteiger partial charge on any atom is 0.310 e. The Labute approximate surface area is 168 Å². The van der Waals surface area contributed by atoms with Crippen LogP contribution in [0.5, 0.6) is 0 Å². The van der Waals surface area contributed by atoms with Crippen LogP contribution in [-0.4, -0.2) is 49.6 Å². The first-order valence-corrected chi connectivity index (χ1v) is 10.4. The van der Waals surface area contributed by atoms with Crippen LogP contribution in [0.15, 0.2) is 24.3 Å². The molecular formula is C23H32N2O3. The Morgan fingerprint density at radius 3 is 2.50 bits per heavy atom. The quantitative estimate of drug-likeness (QED) is 0.745. The van der Waals surface area contributed by atoms with E-state index in [1.54, 1.807) is 0 Å². The Hall–Kier alpha value is -2.04. The highest BCUT2D eigenvalue weighted by Gasteiger charge is 2.51. The number of likely N-dealkylation sites (tertiary alicyclic amines) is 1. The first kappa shape index (κ1) is 19.3. The van der Waals surface area contributed by atoms with Gasteiger partial charge in [0, 0.05) is 36.9 Å². The number of hydrogen-bond donors (Lipinski definition) is 0. The third kappa shape index (κ3) is 3.51. The zero-order valence-corrected chi connectivity index (χ0v) is 17.5. The van der Waals surface area contributed by atoms with E-state index in [4.69, 9.17) is 4.74 Å². The van der Waals surface area contributed by atoms with Crippen molar-refractivity contribution in [1.29, 1.82) is 0 Å². The summed E-state index contributed by atoms with van der Waals surface area (Å²) in [5, 5.41) is 0.